The molecule has 1 N–H and O–H groups in total. The zero-order chi connectivity index (χ0) is 15.0. The number of hydrogen-bond acceptors (Lipinski definition) is 2. The first-order valence-corrected chi connectivity index (χ1v) is 8.02. The molecule has 0 bridgehead atoms. The highest BCUT2D eigenvalue weighted by Gasteiger charge is 2.53. The maximum Gasteiger partial charge on any atom is 0.194 e. The standard InChI is InChI=1S/C16H32N4.HI/c1-7-19-9-8-13(11-19)10-18-14(17-6)20-12-15(2,3)16(20,4)5;/h13H,7-12H2,1-6H3,(H,17,18);1H. The minimum Gasteiger partial charge on any atom is -0.356 e. The first-order valence-electron chi connectivity index (χ1n) is 8.02. The molecular weight excluding hydrogens is 375 g/mol. The van der Waals surface area contributed by atoms with Gasteiger partial charge in [-0.15, -0.1) is 24.0 Å². The highest BCUT2D eigenvalue weighted by molar-refractivity contribution is 14.0. The van der Waals surface area contributed by atoms with E-state index in [0.29, 0.717) is 5.41 Å². The smallest absolute Gasteiger partial charge is 0.194 e. The van der Waals surface area contributed by atoms with Gasteiger partial charge in [0.05, 0.1) is 0 Å². The van der Waals surface area contributed by atoms with Gasteiger partial charge in [0.2, 0.25) is 0 Å². The van der Waals surface area contributed by atoms with Crippen molar-refractivity contribution in [1.82, 2.24) is 15.1 Å². The Kier molecular flexibility index (Phi) is 6.36. The van der Waals surface area contributed by atoms with Crippen molar-refractivity contribution in [3.63, 3.8) is 0 Å². The summed E-state index contributed by atoms with van der Waals surface area (Å²) in [5.41, 5.74) is 0.539. The molecule has 2 aliphatic rings. The summed E-state index contributed by atoms with van der Waals surface area (Å²) in [4.78, 5) is 9.44. The van der Waals surface area contributed by atoms with Crippen LogP contribution in [0.5, 0.6) is 0 Å². The van der Waals surface area contributed by atoms with Gasteiger partial charge in [-0.1, -0.05) is 20.8 Å². The molecular formula is C16H33IN4. The van der Waals surface area contributed by atoms with Crippen molar-refractivity contribution in [2.45, 2.75) is 46.6 Å². The van der Waals surface area contributed by atoms with Crippen molar-refractivity contribution in [3.05, 3.63) is 0 Å². The van der Waals surface area contributed by atoms with Crippen molar-refractivity contribution in [2.75, 3.05) is 39.8 Å². The molecule has 0 radical (unpaired) electrons. The van der Waals surface area contributed by atoms with Crippen molar-refractivity contribution < 1.29 is 0 Å². The van der Waals surface area contributed by atoms with Crippen LogP contribution >= 0.6 is 24.0 Å². The summed E-state index contributed by atoms with van der Waals surface area (Å²) in [6.07, 6.45) is 1.31. The van der Waals surface area contributed by atoms with Crippen molar-refractivity contribution in [2.24, 2.45) is 16.3 Å². The van der Waals surface area contributed by atoms with E-state index in [4.69, 9.17) is 0 Å². The molecule has 1 unspecified atom stereocenters. The molecule has 4 nitrogen and oxygen atoms in total. The largest absolute Gasteiger partial charge is 0.356 e. The summed E-state index contributed by atoms with van der Waals surface area (Å²) in [6, 6.07) is 0. The number of halogens is 1. The second-order valence-electron chi connectivity index (χ2n) is 7.51. The molecule has 0 saturated carbocycles. The maximum absolute atomic E-state index is 4.49. The lowest BCUT2D eigenvalue weighted by Gasteiger charge is -2.62. The molecule has 0 aromatic heterocycles. The number of guanidine groups is 1. The van der Waals surface area contributed by atoms with E-state index in [-0.39, 0.29) is 29.5 Å². The fourth-order valence-corrected chi connectivity index (χ4v) is 3.30. The fourth-order valence-electron chi connectivity index (χ4n) is 3.30. The minimum absolute atomic E-state index is 0. The monoisotopic (exact) mass is 408 g/mol. The van der Waals surface area contributed by atoms with Gasteiger partial charge < -0.3 is 15.1 Å². The first kappa shape index (κ1) is 19.0. The van der Waals surface area contributed by atoms with Gasteiger partial charge in [-0.25, -0.2) is 0 Å². The van der Waals surface area contributed by atoms with E-state index < -0.39 is 0 Å². The summed E-state index contributed by atoms with van der Waals surface area (Å²) in [5.74, 6) is 1.84. The zero-order valence-electron chi connectivity index (χ0n) is 14.6. The average Bonchev–Trinajstić information content (AvgIpc) is 2.86. The van der Waals surface area contributed by atoms with E-state index in [1.54, 1.807) is 0 Å². The van der Waals surface area contributed by atoms with Crippen LogP contribution in [0.4, 0.5) is 0 Å². The summed E-state index contributed by atoms with van der Waals surface area (Å²) < 4.78 is 0. The van der Waals surface area contributed by atoms with E-state index in [0.717, 1.165) is 25.0 Å². The Morgan fingerprint density at radius 1 is 1.29 bits per heavy atom. The Hall–Kier alpha value is -0.0400. The molecule has 21 heavy (non-hydrogen) atoms. The lowest BCUT2D eigenvalue weighted by Crippen LogP contribution is -2.72. The maximum atomic E-state index is 4.49. The van der Waals surface area contributed by atoms with Crippen LogP contribution in [0.15, 0.2) is 4.99 Å². The van der Waals surface area contributed by atoms with Gasteiger partial charge >= 0.3 is 0 Å². The molecule has 2 heterocycles. The Labute approximate surface area is 147 Å². The topological polar surface area (TPSA) is 30.9 Å². The van der Waals surface area contributed by atoms with Gasteiger partial charge in [0, 0.05) is 37.6 Å². The SMILES string of the molecule is CCN1CCC(CNC(=NC)N2CC(C)(C)C2(C)C)C1.I. The molecule has 124 valence electrons. The average molecular weight is 408 g/mol. The quantitative estimate of drug-likeness (QED) is 0.443. The highest BCUT2D eigenvalue weighted by atomic mass is 127. The van der Waals surface area contributed by atoms with Gasteiger partial charge in [-0.05, 0) is 39.3 Å². The summed E-state index contributed by atoms with van der Waals surface area (Å²) in [7, 11) is 1.90. The lowest BCUT2D eigenvalue weighted by atomic mass is 9.65. The predicted octanol–water partition coefficient (Wildman–Crippen LogP) is 2.64. The van der Waals surface area contributed by atoms with Crippen LogP contribution in [-0.4, -0.2) is 61.1 Å². The molecule has 5 heteroatoms. The lowest BCUT2D eigenvalue weighted by molar-refractivity contribution is -0.0668. The van der Waals surface area contributed by atoms with E-state index >= 15 is 0 Å². The molecule has 2 rings (SSSR count). The highest BCUT2D eigenvalue weighted by Crippen LogP contribution is 2.46. The summed E-state index contributed by atoms with van der Waals surface area (Å²) in [6.45, 7) is 17.4. The Bertz CT molecular complexity index is 378. The van der Waals surface area contributed by atoms with Crippen LogP contribution in [0.25, 0.3) is 0 Å². The molecule has 0 amide bonds. The Balaban J connectivity index is 0.00000220. The number of nitrogens with zero attached hydrogens (tertiary/aromatic N) is 3. The van der Waals surface area contributed by atoms with Gasteiger partial charge in [-0.3, -0.25) is 4.99 Å². The third-order valence-electron chi connectivity index (χ3n) is 5.72. The van der Waals surface area contributed by atoms with Crippen LogP contribution in [0.1, 0.15) is 41.0 Å². The van der Waals surface area contributed by atoms with E-state index in [1.807, 2.05) is 7.05 Å². The normalized spacial score (nSPS) is 28.0. The molecule has 0 aliphatic carbocycles. The Morgan fingerprint density at radius 3 is 2.38 bits per heavy atom. The second-order valence-corrected chi connectivity index (χ2v) is 7.51. The van der Waals surface area contributed by atoms with Crippen LogP contribution in [0, 0.1) is 11.3 Å². The van der Waals surface area contributed by atoms with Gasteiger partial charge in [0.15, 0.2) is 5.96 Å². The molecule has 0 aromatic carbocycles. The fraction of sp³-hybridized carbons (Fsp3) is 0.938. The molecule has 2 fully saturated rings. The van der Waals surface area contributed by atoms with Gasteiger partial charge in [0.1, 0.15) is 0 Å². The third kappa shape index (κ3) is 3.66. The second kappa shape index (κ2) is 7.02. The van der Waals surface area contributed by atoms with Gasteiger partial charge in [0.25, 0.3) is 0 Å². The first-order chi connectivity index (χ1) is 9.31. The molecule has 2 saturated heterocycles. The van der Waals surface area contributed by atoms with E-state index in [9.17, 15) is 0 Å². The van der Waals surface area contributed by atoms with Gasteiger partial charge in [-0.2, -0.15) is 0 Å². The van der Waals surface area contributed by atoms with Crippen molar-refractivity contribution >= 4 is 29.9 Å². The molecule has 0 aromatic rings. The summed E-state index contributed by atoms with van der Waals surface area (Å²) >= 11 is 0. The predicted molar refractivity (Wildman–Crippen MR) is 102 cm³/mol. The number of hydrogen-bond donors (Lipinski definition) is 1. The number of nitrogens with one attached hydrogen (secondary N) is 1. The summed E-state index contributed by atoms with van der Waals surface area (Å²) in [5, 5.41) is 3.60. The molecule has 1 atom stereocenters. The van der Waals surface area contributed by atoms with Crippen LogP contribution in [0.3, 0.4) is 0 Å². The zero-order valence-corrected chi connectivity index (χ0v) is 16.9. The number of likely N-dealkylation sites (tertiary alicyclic amines) is 2. The molecule has 2 aliphatic heterocycles. The number of rotatable bonds is 3. The van der Waals surface area contributed by atoms with Crippen LogP contribution < -0.4 is 5.32 Å². The Morgan fingerprint density at radius 2 is 1.95 bits per heavy atom. The van der Waals surface area contributed by atoms with Crippen molar-refractivity contribution in [3.8, 4) is 0 Å². The molecule has 0 spiro atoms. The third-order valence-corrected chi connectivity index (χ3v) is 5.72. The number of aliphatic imine (C=N–C) groups is 1. The van der Waals surface area contributed by atoms with Crippen LogP contribution in [0.2, 0.25) is 0 Å². The minimum atomic E-state index is 0. The van der Waals surface area contributed by atoms with E-state index in [2.05, 4.69) is 54.7 Å². The van der Waals surface area contributed by atoms with Crippen molar-refractivity contribution in [1.29, 1.82) is 0 Å². The van der Waals surface area contributed by atoms with E-state index in [1.165, 1.54) is 26.1 Å². The van der Waals surface area contributed by atoms with Crippen LogP contribution in [-0.2, 0) is 0 Å².